The minimum absolute atomic E-state index is 0.0464. The average molecular weight is 404 g/mol. The van der Waals surface area contributed by atoms with Crippen molar-refractivity contribution in [3.05, 3.63) is 50.0 Å². The van der Waals surface area contributed by atoms with E-state index in [1.54, 1.807) is 39.8 Å². The molecule has 0 radical (unpaired) electrons. The molecule has 0 bridgehead atoms. The predicted octanol–water partition coefficient (Wildman–Crippen LogP) is 3.95. The quantitative estimate of drug-likeness (QED) is 0.456. The van der Waals surface area contributed by atoms with Gasteiger partial charge >= 0.3 is 0 Å². The Kier molecular flexibility index (Phi) is 4.92. The largest absolute Gasteiger partial charge is 0.302 e. The van der Waals surface area contributed by atoms with Gasteiger partial charge in [0.25, 0.3) is 5.56 Å². The molecule has 0 aliphatic heterocycles. The van der Waals surface area contributed by atoms with Gasteiger partial charge in [0.15, 0.2) is 15.9 Å². The van der Waals surface area contributed by atoms with Crippen LogP contribution in [0.25, 0.3) is 16.3 Å². The number of aryl methyl sites for hydroxylation is 1. The molecule has 9 heteroatoms. The highest BCUT2D eigenvalue weighted by atomic mass is 32.2. The highest BCUT2D eigenvalue weighted by Gasteiger charge is 2.15. The first-order chi connectivity index (χ1) is 12.7. The Morgan fingerprint density at radius 2 is 2.08 bits per heavy atom. The SMILES string of the molecule is CCc1cc(-c2nnc(SCc3cc(=O)n4ccsc4n3)n2CC)cs1. The first-order valence-corrected chi connectivity index (χ1v) is 11.0. The van der Waals surface area contributed by atoms with Gasteiger partial charge < -0.3 is 4.57 Å². The van der Waals surface area contributed by atoms with Crippen LogP contribution in [-0.2, 0) is 18.7 Å². The molecule has 26 heavy (non-hydrogen) atoms. The van der Waals surface area contributed by atoms with Crippen LogP contribution in [-0.4, -0.2) is 24.1 Å². The number of hydrogen-bond acceptors (Lipinski definition) is 7. The number of thioether (sulfide) groups is 1. The fourth-order valence-corrected chi connectivity index (χ4v) is 5.12. The van der Waals surface area contributed by atoms with Crippen molar-refractivity contribution >= 4 is 39.4 Å². The molecule has 134 valence electrons. The lowest BCUT2D eigenvalue weighted by molar-refractivity contribution is 0.687. The summed E-state index contributed by atoms with van der Waals surface area (Å²) in [6, 6.07) is 3.77. The van der Waals surface area contributed by atoms with Gasteiger partial charge in [-0.2, -0.15) is 0 Å². The first kappa shape index (κ1) is 17.4. The van der Waals surface area contributed by atoms with E-state index >= 15 is 0 Å². The van der Waals surface area contributed by atoms with Crippen LogP contribution in [0.3, 0.4) is 0 Å². The number of nitrogens with zero attached hydrogens (tertiary/aromatic N) is 5. The number of rotatable bonds is 6. The molecule has 0 saturated heterocycles. The van der Waals surface area contributed by atoms with E-state index in [1.807, 2.05) is 5.38 Å². The minimum Gasteiger partial charge on any atom is -0.302 e. The molecule has 4 heterocycles. The minimum atomic E-state index is -0.0464. The highest BCUT2D eigenvalue weighted by Crippen LogP contribution is 2.29. The molecule has 0 saturated carbocycles. The third kappa shape index (κ3) is 3.22. The Morgan fingerprint density at radius 3 is 2.85 bits per heavy atom. The molecule has 0 atom stereocenters. The lowest BCUT2D eigenvalue weighted by Crippen LogP contribution is -2.12. The third-order valence-corrected chi connectivity index (χ3v) is 6.84. The van der Waals surface area contributed by atoms with Crippen molar-refractivity contribution in [1.82, 2.24) is 24.1 Å². The van der Waals surface area contributed by atoms with E-state index < -0.39 is 0 Å². The maximum atomic E-state index is 12.1. The van der Waals surface area contributed by atoms with Crippen LogP contribution < -0.4 is 5.56 Å². The lowest BCUT2D eigenvalue weighted by atomic mass is 10.2. The number of thiophene rings is 1. The zero-order valence-corrected chi connectivity index (χ0v) is 16.8. The zero-order chi connectivity index (χ0) is 18.1. The van der Waals surface area contributed by atoms with Crippen molar-refractivity contribution in [3.8, 4) is 11.4 Å². The van der Waals surface area contributed by atoms with Gasteiger partial charge in [-0.3, -0.25) is 9.20 Å². The molecule has 0 spiro atoms. The third-order valence-electron chi connectivity index (χ3n) is 4.00. The summed E-state index contributed by atoms with van der Waals surface area (Å²) in [5.41, 5.74) is 1.83. The van der Waals surface area contributed by atoms with Crippen LogP contribution >= 0.6 is 34.4 Å². The summed E-state index contributed by atoms with van der Waals surface area (Å²) in [5, 5.41) is 13.6. The molecule has 0 N–H and O–H groups in total. The second-order valence-electron chi connectivity index (χ2n) is 5.64. The molecule has 0 fully saturated rings. The summed E-state index contributed by atoms with van der Waals surface area (Å²) < 4.78 is 3.68. The Labute approximate surface area is 162 Å². The van der Waals surface area contributed by atoms with Crippen molar-refractivity contribution in [2.45, 2.75) is 37.7 Å². The monoisotopic (exact) mass is 403 g/mol. The topological polar surface area (TPSA) is 65.1 Å². The van der Waals surface area contributed by atoms with Crippen LogP contribution in [0.15, 0.2) is 39.0 Å². The van der Waals surface area contributed by atoms with Gasteiger partial charge in [-0.15, -0.1) is 32.9 Å². The maximum absolute atomic E-state index is 12.1. The normalized spacial score (nSPS) is 11.5. The molecule has 4 aromatic rings. The molecule has 0 amide bonds. The maximum Gasteiger partial charge on any atom is 0.258 e. The van der Waals surface area contributed by atoms with E-state index in [-0.39, 0.29) is 5.56 Å². The molecule has 6 nitrogen and oxygen atoms in total. The van der Waals surface area contributed by atoms with Crippen LogP contribution in [0.4, 0.5) is 0 Å². The molecule has 0 aliphatic rings. The van der Waals surface area contributed by atoms with Crippen molar-refractivity contribution in [1.29, 1.82) is 0 Å². The summed E-state index contributed by atoms with van der Waals surface area (Å²) in [6.07, 6.45) is 2.77. The van der Waals surface area contributed by atoms with Crippen molar-refractivity contribution in [2.24, 2.45) is 0 Å². The first-order valence-electron chi connectivity index (χ1n) is 8.29. The van der Waals surface area contributed by atoms with Gasteiger partial charge in [0.05, 0.1) is 5.69 Å². The van der Waals surface area contributed by atoms with Gasteiger partial charge in [-0.25, -0.2) is 4.98 Å². The van der Waals surface area contributed by atoms with Crippen molar-refractivity contribution < 1.29 is 0 Å². The molecule has 4 rings (SSSR count). The van der Waals surface area contributed by atoms with E-state index in [2.05, 4.69) is 45.0 Å². The van der Waals surface area contributed by atoms with Crippen LogP contribution in [0.5, 0.6) is 0 Å². The van der Waals surface area contributed by atoms with Crippen molar-refractivity contribution in [2.75, 3.05) is 0 Å². The van der Waals surface area contributed by atoms with Crippen LogP contribution in [0, 0.1) is 0 Å². The smallest absolute Gasteiger partial charge is 0.258 e. The standard InChI is InChI=1S/C17H17N5OS3/c1-3-13-7-11(9-25-13)15-19-20-17(21(15)4-2)26-10-12-8-14(23)22-5-6-24-16(22)18-12/h5-9H,3-4,10H2,1-2H3. The fraction of sp³-hybridized carbons (Fsp3) is 0.294. The number of hydrogen-bond donors (Lipinski definition) is 0. The van der Waals surface area contributed by atoms with E-state index in [0.717, 1.165) is 40.2 Å². The summed E-state index contributed by atoms with van der Waals surface area (Å²) >= 11 is 4.77. The van der Waals surface area contributed by atoms with E-state index in [1.165, 1.54) is 16.2 Å². The summed E-state index contributed by atoms with van der Waals surface area (Å²) in [5.74, 6) is 1.48. The lowest BCUT2D eigenvalue weighted by Gasteiger charge is -2.06. The summed E-state index contributed by atoms with van der Waals surface area (Å²) in [6.45, 7) is 5.04. The zero-order valence-electron chi connectivity index (χ0n) is 14.4. The number of fused-ring (bicyclic) bond motifs is 1. The van der Waals surface area contributed by atoms with Gasteiger partial charge in [-0.05, 0) is 19.4 Å². The molecular weight excluding hydrogens is 386 g/mol. The Bertz CT molecular complexity index is 1110. The number of aromatic nitrogens is 5. The van der Waals surface area contributed by atoms with E-state index in [9.17, 15) is 4.79 Å². The molecule has 0 aliphatic carbocycles. The number of thiazole rings is 1. The van der Waals surface area contributed by atoms with Crippen LogP contribution in [0.2, 0.25) is 0 Å². The van der Waals surface area contributed by atoms with Gasteiger partial charge in [0.2, 0.25) is 0 Å². The van der Waals surface area contributed by atoms with Crippen molar-refractivity contribution in [3.63, 3.8) is 0 Å². The molecule has 0 unspecified atom stereocenters. The summed E-state index contributed by atoms with van der Waals surface area (Å²) in [4.78, 5) is 18.7. The summed E-state index contributed by atoms with van der Waals surface area (Å²) in [7, 11) is 0. The fourth-order valence-electron chi connectivity index (χ4n) is 2.68. The Morgan fingerprint density at radius 1 is 1.19 bits per heavy atom. The molecule has 4 aromatic heterocycles. The average Bonchev–Trinajstić information content (AvgIpc) is 3.37. The predicted molar refractivity (Wildman–Crippen MR) is 107 cm³/mol. The van der Waals surface area contributed by atoms with Gasteiger partial charge in [0, 0.05) is 45.8 Å². The Hall–Kier alpha value is -1.97. The molecule has 0 aromatic carbocycles. The second-order valence-corrected chi connectivity index (χ2v) is 8.45. The Balaban J connectivity index is 1.58. The van der Waals surface area contributed by atoms with Gasteiger partial charge in [0.1, 0.15) is 0 Å². The second kappa shape index (κ2) is 7.34. The van der Waals surface area contributed by atoms with E-state index in [0.29, 0.717) is 5.75 Å². The highest BCUT2D eigenvalue weighted by molar-refractivity contribution is 7.98. The molecular formula is C17H17N5OS3. The van der Waals surface area contributed by atoms with Crippen LogP contribution in [0.1, 0.15) is 24.4 Å². The van der Waals surface area contributed by atoms with E-state index in [4.69, 9.17) is 0 Å². The van der Waals surface area contributed by atoms with Gasteiger partial charge in [-0.1, -0.05) is 18.7 Å².